The Hall–Kier alpha value is -1.55. The maximum absolute atomic E-state index is 12.2. The van der Waals surface area contributed by atoms with Crippen molar-refractivity contribution in [1.82, 2.24) is 4.90 Å². The Morgan fingerprint density at radius 3 is 2.57 bits per heavy atom. The van der Waals surface area contributed by atoms with E-state index in [9.17, 15) is 9.59 Å². The van der Waals surface area contributed by atoms with Gasteiger partial charge in [-0.2, -0.15) is 0 Å². The van der Waals surface area contributed by atoms with E-state index < -0.39 is 11.8 Å². The fourth-order valence-corrected chi connectivity index (χ4v) is 2.87. The van der Waals surface area contributed by atoms with Crippen LogP contribution in [-0.2, 0) is 9.59 Å². The molecule has 2 rings (SSSR count). The Balaban J connectivity index is 2.01. The van der Waals surface area contributed by atoms with Crippen molar-refractivity contribution in [3.05, 3.63) is 28.8 Å². The molecule has 1 aromatic carbocycles. The third-order valence-electron chi connectivity index (χ3n) is 4.08. The number of likely N-dealkylation sites (N-methyl/N-ethyl adjacent to an activating group) is 1. The summed E-state index contributed by atoms with van der Waals surface area (Å²) in [5, 5.41) is 3.19. The predicted molar refractivity (Wildman–Crippen MR) is 84.5 cm³/mol. The first-order valence-corrected chi connectivity index (χ1v) is 7.71. The molecular weight excluding hydrogens is 288 g/mol. The summed E-state index contributed by atoms with van der Waals surface area (Å²) in [5.74, 6) is -1.09. The molecule has 1 aliphatic carbocycles. The summed E-state index contributed by atoms with van der Waals surface area (Å²) in [6.45, 7) is 1.86. The van der Waals surface area contributed by atoms with Gasteiger partial charge in [0.1, 0.15) is 0 Å². The van der Waals surface area contributed by atoms with E-state index in [0.29, 0.717) is 10.7 Å². The molecule has 0 unspecified atom stereocenters. The van der Waals surface area contributed by atoms with Crippen molar-refractivity contribution in [2.75, 3.05) is 12.4 Å². The van der Waals surface area contributed by atoms with Crippen molar-refractivity contribution < 1.29 is 9.59 Å². The Morgan fingerprint density at radius 1 is 1.24 bits per heavy atom. The molecule has 0 aromatic heterocycles. The van der Waals surface area contributed by atoms with Gasteiger partial charge in [-0.05, 0) is 37.5 Å². The number of aryl methyl sites for hydroxylation is 1. The highest BCUT2D eigenvalue weighted by Gasteiger charge is 2.26. The van der Waals surface area contributed by atoms with Crippen LogP contribution in [0.2, 0.25) is 5.02 Å². The monoisotopic (exact) mass is 308 g/mol. The van der Waals surface area contributed by atoms with Crippen LogP contribution < -0.4 is 5.32 Å². The fraction of sp³-hybridized carbons (Fsp3) is 0.500. The van der Waals surface area contributed by atoms with E-state index in [4.69, 9.17) is 11.6 Å². The number of nitrogens with zero attached hydrogens (tertiary/aromatic N) is 1. The van der Waals surface area contributed by atoms with Gasteiger partial charge in [-0.1, -0.05) is 36.9 Å². The van der Waals surface area contributed by atoms with Crippen molar-refractivity contribution in [1.29, 1.82) is 0 Å². The predicted octanol–water partition coefficient (Wildman–Crippen LogP) is 3.38. The second-order valence-electron chi connectivity index (χ2n) is 5.62. The summed E-state index contributed by atoms with van der Waals surface area (Å²) in [7, 11) is 1.71. The summed E-state index contributed by atoms with van der Waals surface area (Å²) in [6, 6.07) is 5.40. The van der Waals surface area contributed by atoms with E-state index in [1.165, 1.54) is 6.42 Å². The van der Waals surface area contributed by atoms with E-state index in [0.717, 1.165) is 31.2 Å². The van der Waals surface area contributed by atoms with Crippen molar-refractivity contribution in [3.63, 3.8) is 0 Å². The minimum absolute atomic E-state index is 0.178. The van der Waals surface area contributed by atoms with Crippen molar-refractivity contribution >= 4 is 29.1 Å². The molecule has 0 bridgehead atoms. The molecule has 1 saturated carbocycles. The molecule has 4 nitrogen and oxygen atoms in total. The van der Waals surface area contributed by atoms with Crippen LogP contribution >= 0.6 is 11.6 Å². The summed E-state index contributed by atoms with van der Waals surface area (Å²) in [5.41, 5.74) is 1.46. The number of hydrogen-bond acceptors (Lipinski definition) is 2. The first-order valence-electron chi connectivity index (χ1n) is 7.33. The Labute approximate surface area is 130 Å². The van der Waals surface area contributed by atoms with Gasteiger partial charge in [-0.3, -0.25) is 9.59 Å². The third kappa shape index (κ3) is 3.97. The second-order valence-corrected chi connectivity index (χ2v) is 6.06. The molecule has 0 spiro atoms. The first kappa shape index (κ1) is 15.8. The number of anilines is 1. The highest BCUT2D eigenvalue weighted by atomic mass is 35.5. The summed E-state index contributed by atoms with van der Waals surface area (Å²) >= 11 is 5.92. The van der Waals surface area contributed by atoms with Crippen LogP contribution in [0.25, 0.3) is 0 Å². The standard InChI is InChI=1S/C16H21ClN2O2/c1-11-8-9-12(17)10-14(11)18-15(20)16(21)19(2)13-6-4-3-5-7-13/h8-10,13H,3-7H2,1-2H3,(H,18,20). The normalized spacial score (nSPS) is 15.6. The molecule has 1 fully saturated rings. The summed E-state index contributed by atoms with van der Waals surface area (Å²) in [4.78, 5) is 25.9. The zero-order valence-corrected chi connectivity index (χ0v) is 13.2. The lowest BCUT2D eigenvalue weighted by atomic mass is 9.94. The molecule has 5 heteroatoms. The number of carbonyl (C=O) groups is 2. The van der Waals surface area contributed by atoms with Crippen LogP contribution in [-0.4, -0.2) is 29.8 Å². The van der Waals surface area contributed by atoms with Gasteiger partial charge in [0.2, 0.25) is 0 Å². The number of hydrogen-bond donors (Lipinski definition) is 1. The Kier molecular flexibility index (Phi) is 5.23. The summed E-state index contributed by atoms with van der Waals surface area (Å²) < 4.78 is 0. The van der Waals surface area contributed by atoms with Gasteiger partial charge in [0.15, 0.2) is 0 Å². The third-order valence-corrected chi connectivity index (χ3v) is 4.32. The molecule has 21 heavy (non-hydrogen) atoms. The van der Waals surface area contributed by atoms with Crippen LogP contribution in [0.15, 0.2) is 18.2 Å². The quantitative estimate of drug-likeness (QED) is 0.852. The number of rotatable bonds is 2. The lowest BCUT2D eigenvalue weighted by molar-refractivity contribution is -0.144. The molecule has 0 radical (unpaired) electrons. The second kappa shape index (κ2) is 6.94. The van der Waals surface area contributed by atoms with Crippen molar-refractivity contribution in [2.45, 2.75) is 45.1 Å². The van der Waals surface area contributed by atoms with Gasteiger partial charge in [0.25, 0.3) is 0 Å². The molecule has 0 heterocycles. The first-order chi connectivity index (χ1) is 9.99. The largest absolute Gasteiger partial charge is 0.335 e. The lowest BCUT2D eigenvalue weighted by Gasteiger charge is -2.30. The average Bonchev–Trinajstić information content (AvgIpc) is 2.50. The minimum atomic E-state index is -0.603. The molecule has 0 atom stereocenters. The highest BCUT2D eigenvalue weighted by Crippen LogP contribution is 2.23. The van der Waals surface area contributed by atoms with Gasteiger partial charge < -0.3 is 10.2 Å². The molecule has 1 aromatic rings. The van der Waals surface area contributed by atoms with E-state index in [-0.39, 0.29) is 6.04 Å². The SMILES string of the molecule is Cc1ccc(Cl)cc1NC(=O)C(=O)N(C)C1CCCCC1. The zero-order valence-electron chi connectivity index (χ0n) is 12.5. The molecule has 0 aliphatic heterocycles. The number of halogens is 1. The van der Waals surface area contributed by atoms with Gasteiger partial charge in [0, 0.05) is 23.8 Å². The zero-order chi connectivity index (χ0) is 15.4. The number of benzene rings is 1. The smallest absolute Gasteiger partial charge is 0.313 e. The van der Waals surface area contributed by atoms with Gasteiger partial charge in [0.05, 0.1) is 0 Å². The number of amides is 2. The van der Waals surface area contributed by atoms with Gasteiger partial charge in [-0.25, -0.2) is 0 Å². The van der Waals surface area contributed by atoms with E-state index in [2.05, 4.69) is 5.32 Å². The average molecular weight is 309 g/mol. The van der Waals surface area contributed by atoms with Crippen LogP contribution in [0, 0.1) is 6.92 Å². The highest BCUT2D eigenvalue weighted by molar-refractivity contribution is 6.39. The Bertz CT molecular complexity index is 539. The number of carbonyl (C=O) groups excluding carboxylic acids is 2. The van der Waals surface area contributed by atoms with Gasteiger partial charge >= 0.3 is 11.8 Å². The maximum atomic E-state index is 12.2. The lowest BCUT2D eigenvalue weighted by Crippen LogP contribution is -2.44. The summed E-state index contributed by atoms with van der Waals surface area (Å²) in [6.07, 6.45) is 5.42. The topological polar surface area (TPSA) is 49.4 Å². The maximum Gasteiger partial charge on any atom is 0.313 e. The molecule has 1 N–H and O–H groups in total. The van der Waals surface area contributed by atoms with Crippen LogP contribution in [0.4, 0.5) is 5.69 Å². The molecule has 114 valence electrons. The van der Waals surface area contributed by atoms with Crippen LogP contribution in [0.3, 0.4) is 0 Å². The molecule has 0 saturated heterocycles. The van der Waals surface area contributed by atoms with E-state index in [1.54, 1.807) is 24.1 Å². The van der Waals surface area contributed by atoms with Crippen molar-refractivity contribution in [2.24, 2.45) is 0 Å². The van der Waals surface area contributed by atoms with E-state index in [1.807, 2.05) is 13.0 Å². The van der Waals surface area contributed by atoms with Crippen LogP contribution in [0.5, 0.6) is 0 Å². The molecular formula is C16H21ClN2O2. The van der Waals surface area contributed by atoms with E-state index >= 15 is 0 Å². The molecule has 1 aliphatic rings. The van der Waals surface area contributed by atoms with Crippen LogP contribution in [0.1, 0.15) is 37.7 Å². The number of nitrogens with one attached hydrogen (secondary N) is 1. The van der Waals surface area contributed by atoms with Gasteiger partial charge in [-0.15, -0.1) is 0 Å². The fourth-order valence-electron chi connectivity index (χ4n) is 2.70. The minimum Gasteiger partial charge on any atom is -0.335 e. The molecule has 2 amide bonds. The van der Waals surface area contributed by atoms with Crippen molar-refractivity contribution in [3.8, 4) is 0 Å². The Morgan fingerprint density at radius 2 is 1.90 bits per heavy atom.